The van der Waals surface area contributed by atoms with E-state index in [0.29, 0.717) is 17.1 Å². The van der Waals surface area contributed by atoms with Crippen molar-refractivity contribution >= 4 is 41.3 Å². The van der Waals surface area contributed by atoms with Gasteiger partial charge in [0.25, 0.3) is 0 Å². The van der Waals surface area contributed by atoms with Gasteiger partial charge in [0.2, 0.25) is 5.91 Å². The van der Waals surface area contributed by atoms with Crippen molar-refractivity contribution in [1.29, 1.82) is 0 Å². The van der Waals surface area contributed by atoms with E-state index in [2.05, 4.69) is 4.98 Å². The molecule has 1 N–H and O–H groups in total. The lowest BCUT2D eigenvalue weighted by Gasteiger charge is -2.26. The predicted octanol–water partition coefficient (Wildman–Crippen LogP) is 5.14. The van der Waals surface area contributed by atoms with Crippen LogP contribution in [0.4, 0.5) is 5.69 Å². The minimum atomic E-state index is -1.03. The Morgan fingerprint density at radius 2 is 1.86 bits per heavy atom. The third kappa shape index (κ3) is 3.65. The fourth-order valence-electron chi connectivity index (χ4n) is 3.51. The van der Waals surface area contributed by atoms with Crippen LogP contribution in [0.5, 0.6) is 0 Å². The van der Waals surface area contributed by atoms with Gasteiger partial charge in [-0.1, -0.05) is 35.9 Å². The number of carbonyl (C=O) groups excluding carboxylic acids is 1. The quantitative estimate of drug-likeness (QED) is 0.642. The number of hydrogen-bond donors (Lipinski definition) is 1. The lowest BCUT2D eigenvalue weighted by molar-refractivity contribution is -0.116. The molecule has 2 aromatic carbocycles. The number of pyridine rings is 1. The molecule has 1 aliphatic rings. The molecule has 144 valence electrons. The first-order chi connectivity index (χ1) is 13.9. The third-order valence-electron chi connectivity index (χ3n) is 4.94. The first-order valence-corrected chi connectivity index (χ1v) is 9.38. The van der Waals surface area contributed by atoms with Crippen LogP contribution >= 0.6 is 11.6 Å². The second-order valence-electron chi connectivity index (χ2n) is 6.78. The number of hydrogen-bond acceptors (Lipinski definition) is 3. The van der Waals surface area contributed by atoms with Crippen LogP contribution in [0.3, 0.4) is 0 Å². The molecule has 1 aliphatic heterocycles. The van der Waals surface area contributed by atoms with Gasteiger partial charge in [0.15, 0.2) is 0 Å². The lowest BCUT2D eigenvalue weighted by Crippen LogP contribution is -2.29. The topological polar surface area (TPSA) is 70.5 Å². The number of rotatable bonds is 2. The third-order valence-corrected chi connectivity index (χ3v) is 5.17. The number of amides is 1. The largest absolute Gasteiger partial charge is 0.478 e. The Kier molecular flexibility index (Phi) is 4.91. The van der Waals surface area contributed by atoms with Gasteiger partial charge in [-0.05, 0) is 58.1 Å². The molecule has 2 heterocycles. The van der Waals surface area contributed by atoms with Crippen molar-refractivity contribution in [2.45, 2.75) is 13.5 Å². The fourth-order valence-corrected chi connectivity index (χ4v) is 3.69. The highest BCUT2D eigenvalue weighted by Crippen LogP contribution is 2.33. The summed E-state index contributed by atoms with van der Waals surface area (Å²) in [7, 11) is 0. The molecule has 0 unspecified atom stereocenters. The number of aromatic nitrogens is 1. The molecule has 0 fully saturated rings. The molecule has 29 heavy (non-hydrogen) atoms. The Bertz CT molecular complexity index is 1170. The molecule has 0 saturated heterocycles. The zero-order valence-corrected chi connectivity index (χ0v) is 16.3. The van der Waals surface area contributed by atoms with E-state index in [4.69, 9.17) is 11.6 Å². The van der Waals surface area contributed by atoms with Gasteiger partial charge in [-0.2, -0.15) is 0 Å². The molecule has 0 bridgehead atoms. The molecule has 0 radical (unpaired) electrons. The Morgan fingerprint density at radius 1 is 1.07 bits per heavy atom. The minimum absolute atomic E-state index is 0.0876. The maximum atomic E-state index is 12.4. The molecule has 6 heteroatoms. The number of aromatic carboxylic acids is 1. The van der Waals surface area contributed by atoms with Gasteiger partial charge in [-0.15, -0.1) is 0 Å². The van der Waals surface area contributed by atoms with E-state index in [9.17, 15) is 14.7 Å². The van der Waals surface area contributed by atoms with Crippen LogP contribution in [0.25, 0.3) is 23.3 Å². The first-order valence-electron chi connectivity index (χ1n) is 9.00. The standard InChI is InChI=1S/C23H17ClN2O3/c1-14(27)26-13-18-10-16(20-8-9-25-12-21(20)23(28)29)4-2-15(18)3-5-17-11-19(24)6-7-22(17)26/h2-12H,13H2,1H3,(H,28,29). The van der Waals surface area contributed by atoms with Gasteiger partial charge in [-0.25, -0.2) is 4.79 Å². The zero-order valence-electron chi connectivity index (χ0n) is 15.6. The molecule has 0 aliphatic carbocycles. The fraction of sp³-hybridized carbons (Fsp3) is 0.0870. The van der Waals surface area contributed by atoms with E-state index >= 15 is 0 Å². The number of benzene rings is 2. The summed E-state index contributed by atoms with van der Waals surface area (Å²) in [4.78, 5) is 29.6. The molecule has 5 nitrogen and oxygen atoms in total. The van der Waals surface area contributed by atoms with Gasteiger partial charge in [0.1, 0.15) is 0 Å². The molecule has 0 saturated carbocycles. The number of carboxylic acid groups (broad SMARTS) is 1. The molecule has 3 aromatic rings. The molecular formula is C23H17ClN2O3. The highest BCUT2D eigenvalue weighted by atomic mass is 35.5. The van der Waals surface area contributed by atoms with E-state index in [0.717, 1.165) is 27.9 Å². The van der Waals surface area contributed by atoms with Crippen LogP contribution < -0.4 is 4.90 Å². The zero-order chi connectivity index (χ0) is 20.5. The summed E-state index contributed by atoms with van der Waals surface area (Å²) in [6.45, 7) is 1.89. The number of halogens is 1. The first kappa shape index (κ1) is 18.9. The van der Waals surface area contributed by atoms with Crippen molar-refractivity contribution < 1.29 is 14.7 Å². The Balaban J connectivity index is 1.86. The van der Waals surface area contributed by atoms with Crippen LogP contribution in [-0.4, -0.2) is 22.0 Å². The van der Waals surface area contributed by atoms with E-state index in [1.54, 1.807) is 23.2 Å². The van der Waals surface area contributed by atoms with Gasteiger partial charge < -0.3 is 10.0 Å². The van der Waals surface area contributed by atoms with E-state index in [1.807, 2.05) is 42.5 Å². The van der Waals surface area contributed by atoms with Crippen molar-refractivity contribution in [1.82, 2.24) is 4.98 Å². The maximum absolute atomic E-state index is 12.4. The van der Waals surface area contributed by atoms with Gasteiger partial charge in [0.05, 0.1) is 17.8 Å². The van der Waals surface area contributed by atoms with Crippen molar-refractivity contribution in [3.63, 3.8) is 0 Å². The highest BCUT2D eigenvalue weighted by molar-refractivity contribution is 6.30. The number of carboxylic acids is 1. The molecule has 1 aromatic heterocycles. The van der Waals surface area contributed by atoms with Crippen molar-refractivity contribution in [2.24, 2.45) is 0 Å². The summed E-state index contributed by atoms with van der Waals surface area (Å²) in [5.74, 6) is -1.12. The Hall–Kier alpha value is -3.44. The number of anilines is 1. The Morgan fingerprint density at radius 3 is 2.62 bits per heavy atom. The van der Waals surface area contributed by atoms with Gasteiger partial charge in [-0.3, -0.25) is 9.78 Å². The summed E-state index contributed by atoms with van der Waals surface area (Å²) in [6.07, 6.45) is 6.83. The lowest BCUT2D eigenvalue weighted by atomic mass is 9.95. The van der Waals surface area contributed by atoms with Crippen molar-refractivity contribution in [3.05, 3.63) is 82.1 Å². The van der Waals surface area contributed by atoms with E-state index < -0.39 is 5.97 Å². The van der Waals surface area contributed by atoms with E-state index in [-0.39, 0.29) is 11.5 Å². The molecular weight excluding hydrogens is 388 g/mol. The summed E-state index contributed by atoms with van der Waals surface area (Å²) in [6, 6.07) is 12.9. The van der Waals surface area contributed by atoms with Crippen molar-refractivity contribution in [2.75, 3.05) is 4.90 Å². The normalized spacial score (nSPS) is 12.6. The Labute approximate surface area is 172 Å². The van der Waals surface area contributed by atoms with Crippen LogP contribution in [0, 0.1) is 0 Å². The summed E-state index contributed by atoms with van der Waals surface area (Å²) < 4.78 is 0. The van der Waals surface area contributed by atoms with Gasteiger partial charge >= 0.3 is 5.97 Å². The summed E-state index contributed by atoms with van der Waals surface area (Å²) in [5, 5.41) is 10.1. The average Bonchev–Trinajstić information content (AvgIpc) is 2.69. The summed E-state index contributed by atoms with van der Waals surface area (Å²) >= 11 is 6.14. The monoisotopic (exact) mass is 404 g/mol. The van der Waals surface area contributed by atoms with E-state index in [1.165, 1.54) is 13.1 Å². The number of carbonyl (C=O) groups is 2. The number of nitrogens with zero attached hydrogens (tertiary/aromatic N) is 2. The van der Waals surface area contributed by atoms with Crippen LogP contribution in [0.2, 0.25) is 5.02 Å². The number of fused-ring (bicyclic) bond motifs is 2. The minimum Gasteiger partial charge on any atom is -0.478 e. The van der Waals surface area contributed by atoms with Crippen molar-refractivity contribution in [3.8, 4) is 11.1 Å². The van der Waals surface area contributed by atoms with Crippen LogP contribution in [-0.2, 0) is 11.3 Å². The second-order valence-corrected chi connectivity index (χ2v) is 7.22. The summed E-state index contributed by atoms with van der Waals surface area (Å²) in [5.41, 5.74) is 5.01. The maximum Gasteiger partial charge on any atom is 0.337 e. The molecule has 4 rings (SSSR count). The van der Waals surface area contributed by atoms with Gasteiger partial charge in [0, 0.05) is 24.3 Å². The smallest absolute Gasteiger partial charge is 0.337 e. The highest BCUT2D eigenvalue weighted by Gasteiger charge is 2.20. The predicted molar refractivity (Wildman–Crippen MR) is 114 cm³/mol. The van der Waals surface area contributed by atoms with Crippen LogP contribution in [0.15, 0.2) is 54.9 Å². The average molecular weight is 405 g/mol. The molecule has 0 spiro atoms. The SMILES string of the molecule is CC(=O)N1Cc2cc(-c3ccncc3C(=O)O)ccc2C=Cc2cc(Cl)ccc21. The molecule has 1 amide bonds. The van der Waals surface area contributed by atoms with Crippen LogP contribution in [0.1, 0.15) is 34.0 Å². The molecule has 0 atom stereocenters. The second kappa shape index (κ2) is 7.53.